The Balaban J connectivity index is 2.08. The van der Waals surface area contributed by atoms with Crippen LogP contribution in [0.15, 0.2) is 40.9 Å². The summed E-state index contributed by atoms with van der Waals surface area (Å²) in [5.41, 5.74) is 1.16. The Hall–Kier alpha value is -1.62. The van der Waals surface area contributed by atoms with Crippen LogP contribution in [0, 0.1) is 11.6 Å². The van der Waals surface area contributed by atoms with Crippen LogP contribution in [0.3, 0.4) is 0 Å². The third-order valence-electron chi connectivity index (χ3n) is 2.36. The van der Waals surface area contributed by atoms with E-state index in [1.165, 1.54) is 18.2 Å². The van der Waals surface area contributed by atoms with E-state index in [0.29, 0.717) is 22.3 Å². The SMILES string of the molecule is Oc1cc(F)cc(CNc2ccc(Br)c(F)c2)c1. The summed E-state index contributed by atoms with van der Waals surface area (Å²) in [6, 6.07) is 8.41. The van der Waals surface area contributed by atoms with Crippen molar-refractivity contribution < 1.29 is 13.9 Å². The second kappa shape index (κ2) is 5.35. The number of nitrogens with one attached hydrogen (secondary N) is 1. The molecule has 0 unspecified atom stereocenters. The molecule has 0 aliphatic carbocycles. The maximum Gasteiger partial charge on any atom is 0.139 e. The van der Waals surface area contributed by atoms with Gasteiger partial charge in [-0.05, 0) is 51.8 Å². The van der Waals surface area contributed by atoms with E-state index in [2.05, 4.69) is 21.2 Å². The summed E-state index contributed by atoms with van der Waals surface area (Å²) in [4.78, 5) is 0. The van der Waals surface area contributed by atoms with Gasteiger partial charge < -0.3 is 10.4 Å². The summed E-state index contributed by atoms with van der Waals surface area (Å²) >= 11 is 3.06. The summed E-state index contributed by atoms with van der Waals surface area (Å²) in [5, 5.41) is 12.2. The van der Waals surface area contributed by atoms with Crippen molar-refractivity contribution in [3.05, 3.63) is 58.1 Å². The summed E-state index contributed by atoms with van der Waals surface area (Å²) in [6.45, 7) is 0.298. The Bertz CT molecular complexity index is 555. The van der Waals surface area contributed by atoms with Gasteiger partial charge >= 0.3 is 0 Å². The molecule has 0 bridgehead atoms. The molecule has 0 heterocycles. The lowest BCUT2D eigenvalue weighted by Crippen LogP contribution is -2.00. The number of aromatic hydroxyl groups is 1. The minimum atomic E-state index is -0.506. The molecule has 2 rings (SSSR count). The van der Waals surface area contributed by atoms with E-state index < -0.39 is 5.82 Å². The van der Waals surface area contributed by atoms with Gasteiger partial charge in [-0.2, -0.15) is 0 Å². The Labute approximate surface area is 111 Å². The number of hydrogen-bond donors (Lipinski definition) is 2. The Kier molecular flexibility index (Phi) is 3.81. The van der Waals surface area contributed by atoms with E-state index in [9.17, 15) is 13.9 Å². The lowest BCUT2D eigenvalue weighted by atomic mass is 10.2. The molecule has 0 fully saturated rings. The molecule has 94 valence electrons. The molecule has 2 N–H and O–H groups in total. The quantitative estimate of drug-likeness (QED) is 0.896. The van der Waals surface area contributed by atoms with Gasteiger partial charge in [0.1, 0.15) is 17.4 Å². The molecule has 18 heavy (non-hydrogen) atoms. The Morgan fingerprint density at radius 3 is 2.56 bits per heavy atom. The highest BCUT2D eigenvalue weighted by Crippen LogP contribution is 2.20. The molecule has 0 atom stereocenters. The van der Waals surface area contributed by atoms with Gasteiger partial charge in [-0.1, -0.05) is 0 Å². The van der Waals surface area contributed by atoms with Gasteiger partial charge in [0.05, 0.1) is 4.47 Å². The standard InChI is InChI=1S/C13H10BrF2NO/c14-12-2-1-10(6-13(12)16)17-7-8-3-9(15)5-11(18)4-8/h1-6,17-18H,7H2. The van der Waals surface area contributed by atoms with Crippen LogP contribution in [0.5, 0.6) is 5.75 Å². The van der Waals surface area contributed by atoms with Crippen LogP contribution in [0.4, 0.5) is 14.5 Å². The number of rotatable bonds is 3. The first kappa shape index (κ1) is 12.8. The predicted octanol–water partition coefficient (Wildman–Crippen LogP) is 4.05. The fourth-order valence-electron chi connectivity index (χ4n) is 1.55. The minimum Gasteiger partial charge on any atom is -0.508 e. The maximum absolute atomic E-state index is 13.2. The van der Waals surface area contributed by atoms with E-state index in [4.69, 9.17) is 0 Å². The van der Waals surface area contributed by atoms with Crippen LogP contribution in [-0.2, 0) is 6.54 Å². The molecule has 2 aromatic rings. The molecule has 0 saturated heterocycles. The van der Waals surface area contributed by atoms with Gasteiger partial charge in [0.2, 0.25) is 0 Å². The summed E-state index contributed by atoms with van der Waals surface area (Å²) < 4.78 is 26.6. The molecule has 0 saturated carbocycles. The molecule has 0 aliphatic heterocycles. The third kappa shape index (κ3) is 3.20. The van der Waals surface area contributed by atoms with Crippen LogP contribution < -0.4 is 5.32 Å². The van der Waals surface area contributed by atoms with Crippen molar-refractivity contribution in [1.29, 1.82) is 0 Å². The van der Waals surface area contributed by atoms with Crippen LogP contribution in [-0.4, -0.2) is 5.11 Å². The van der Waals surface area contributed by atoms with Gasteiger partial charge in [-0.25, -0.2) is 8.78 Å². The zero-order chi connectivity index (χ0) is 13.1. The normalized spacial score (nSPS) is 10.4. The lowest BCUT2D eigenvalue weighted by Gasteiger charge is -2.08. The first-order chi connectivity index (χ1) is 8.54. The average Bonchev–Trinajstić information content (AvgIpc) is 2.29. The highest BCUT2D eigenvalue weighted by Gasteiger charge is 2.02. The van der Waals surface area contributed by atoms with Crippen molar-refractivity contribution in [3.8, 4) is 5.75 Å². The average molecular weight is 314 g/mol. The Morgan fingerprint density at radius 2 is 1.89 bits per heavy atom. The van der Waals surface area contributed by atoms with Gasteiger partial charge in [0.25, 0.3) is 0 Å². The lowest BCUT2D eigenvalue weighted by molar-refractivity contribution is 0.468. The summed E-state index contributed by atoms with van der Waals surface area (Å²) in [6.07, 6.45) is 0. The van der Waals surface area contributed by atoms with Crippen LogP contribution in [0.1, 0.15) is 5.56 Å². The van der Waals surface area contributed by atoms with E-state index in [1.807, 2.05) is 0 Å². The van der Waals surface area contributed by atoms with Crippen molar-refractivity contribution in [3.63, 3.8) is 0 Å². The van der Waals surface area contributed by atoms with Crippen molar-refractivity contribution in [2.75, 3.05) is 5.32 Å². The molecule has 0 amide bonds. The van der Waals surface area contributed by atoms with Crippen molar-refractivity contribution >= 4 is 21.6 Å². The topological polar surface area (TPSA) is 32.3 Å². The van der Waals surface area contributed by atoms with Crippen LogP contribution in [0.25, 0.3) is 0 Å². The molecule has 0 spiro atoms. The molecular weight excluding hydrogens is 304 g/mol. The van der Waals surface area contributed by atoms with E-state index in [0.717, 1.165) is 6.07 Å². The molecule has 0 radical (unpaired) electrons. The largest absolute Gasteiger partial charge is 0.508 e. The second-order valence-corrected chi connectivity index (χ2v) is 4.65. The van der Waals surface area contributed by atoms with Crippen LogP contribution >= 0.6 is 15.9 Å². The monoisotopic (exact) mass is 313 g/mol. The fourth-order valence-corrected chi connectivity index (χ4v) is 1.79. The fraction of sp³-hybridized carbons (Fsp3) is 0.0769. The number of benzene rings is 2. The number of hydrogen-bond acceptors (Lipinski definition) is 2. The highest BCUT2D eigenvalue weighted by molar-refractivity contribution is 9.10. The predicted molar refractivity (Wildman–Crippen MR) is 69.5 cm³/mol. The Morgan fingerprint density at radius 1 is 1.11 bits per heavy atom. The molecule has 0 aromatic heterocycles. The van der Waals surface area contributed by atoms with E-state index in [1.54, 1.807) is 12.1 Å². The zero-order valence-corrected chi connectivity index (χ0v) is 10.8. The first-order valence-electron chi connectivity index (χ1n) is 5.22. The van der Waals surface area contributed by atoms with E-state index in [-0.39, 0.29) is 11.6 Å². The zero-order valence-electron chi connectivity index (χ0n) is 9.25. The smallest absolute Gasteiger partial charge is 0.139 e. The number of phenolic OH excluding ortho intramolecular Hbond substituents is 1. The number of phenols is 1. The van der Waals surface area contributed by atoms with Crippen molar-refractivity contribution in [2.45, 2.75) is 6.54 Å². The summed E-state index contributed by atoms with van der Waals surface area (Å²) in [5.74, 6) is -1.01. The molecule has 2 aromatic carbocycles. The van der Waals surface area contributed by atoms with Gasteiger partial charge in [-0.15, -0.1) is 0 Å². The molecular formula is C13H10BrF2NO. The molecule has 2 nitrogen and oxygen atoms in total. The van der Waals surface area contributed by atoms with Gasteiger partial charge in [-0.3, -0.25) is 0 Å². The van der Waals surface area contributed by atoms with Crippen molar-refractivity contribution in [2.24, 2.45) is 0 Å². The third-order valence-corrected chi connectivity index (χ3v) is 3.00. The van der Waals surface area contributed by atoms with Crippen molar-refractivity contribution in [1.82, 2.24) is 0 Å². The summed E-state index contributed by atoms with van der Waals surface area (Å²) in [7, 11) is 0. The van der Waals surface area contributed by atoms with Gasteiger partial charge in [0.15, 0.2) is 0 Å². The molecule has 5 heteroatoms. The second-order valence-electron chi connectivity index (χ2n) is 3.80. The highest BCUT2D eigenvalue weighted by atomic mass is 79.9. The van der Waals surface area contributed by atoms with Gasteiger partial charge in [0, 0.05) is 18.3 Å². The minimum absolute atomic E-state index is 0.131. The van der Waals surface area contributed by atoms with Crippen LogP contribution in [0.2, 0.25) is 0 Å². The first-order valence-corrected chi connectivity index (χ1v) is 6.01. The molecule has 0 aliphatic rings. The maximum atomic E-state index is 13.2. The number of anilines is 1. The van der Waals surface area contributed by atoms with E-state index >= 15 is 0 Å². The number of halogens is 3.